The molecule has 0 radical (unpaired) electrons. The van der Waals surface area contributed by atoms with Crippen molar-refractivity contribution in [1.29, 1.82) is 0 Å². The van der Waals surface area contributed by atoms with Crippen LogP contribution < -0.4 is 19.7 Å². The van der Waals surface area contributed by atoms with Crippen molar-refractivity contribution < 1.29 is 9.47 Å². The number of thiazole rings is 2. The van der Waals surface area contributed by atoms with Crippen LogP contribution in [0.3, 0.4) is 0 Å². The Bertz CT molecular complexity index is 1640. The number of hydrogen-bond acceptors (Lipinski definition) is 10. The van der Waals surface area contributed by atoms with Crippen LogP contribution in [-0.4, -0.2) is 41.2 Å². The van der Waals surface area contributed by atoms with Crippen molar-refractivity contribution in [1.82, 2.24) is 19.9 Å². The van der Waals surface area contributed by atoms with Crippen molar-refractivity contribution in [3.05, 3.63) is 108 Å². The minimum Gasteiger partial charge on any atom is -0.497 e. The zero-order chi connectivity index (χ0) is 28.4. The maximum atomic E-state index is 5.18. The van der Waals surface area contributed by atoms with Crippen LogP contribution in [0.1, 0.15) is 0 Å². The van der Waals surface area contributed by atoms with Crippen LogP contribution in [0.25, 0.3) is 22.5 Å². The van der Waals surface area contributed by atoms with Gasteiger partial charge in [-0.3, -0.25) is 9.97 Å². The summed E-state index contributed by atoms with van der Waals surface area (Å²) in [6.07, 6.45) is 7.10. The first-order chi connectivity index (χ1) is 20.1. The molecule has 6 rings (SSSR count). The van der Waals surface area contributed by atoms with E-state index in [-0.39, 0.29) is 0 Å². The van der Waals surface area contributed by atoms with Gasteiger partial charge in [0, 0.05) is 65.1 Å². The number of hydrogen-bond donors (Lipinski definition) is 1. The molecular weight excluding hydrogens is 553 g/mol. The Labute approximate surface area is 247 Å². The van der Waals surface area contributed by atoms with Gasteiger partial charge in [0.2, 0.25) is 0 Å². The molecular formula is C31H28N6O2S2. The number of nitrogens with one attached hydrogen (secondary N) is 1. The van der Waals surface area contributed by atoms with Gasteiger partial charge in [-0.1, -0.05) is 0 Å². The molecule has 0 unspecified atom stereocenters. The number of anilines is 4. The Kier molecular flexibility index (Phi) is 9.15. The second-order valence-electron chi connectivity index (χ2n) is 8.64. The molecule has 0 saturated heterocycles. The second kappa shape index (κ2) is 13.5. The predicted octanol–water partition coefficient (Wildman–Crippen LogP) is 7.94. The van der Waals surface area contributed by atoms with Crippen molar-refractivity contribution in [3.63, 3.8) is 0 Å². The third kappa shape index (κ3) is 7.24. The van der Waals surface area contributed by atoms with Crippen molar-refractivity contribution in [2.24, 2.45) is 0 Å². The van der Waals surface area contributed by atoms with E-state index in [1.807, 2.05) is 85.2 Å². The fourth-order valence-corrected chi connectivity index (χ4v) is 5.33. The van der Waals surface area contributed by atoms with Crippen LogP contribution in [-0.2, 0) is 0 Å². The molecule has 0 atom stereocenters. The van der Waals surface area contributed by atoms with Gasteiger partial charge in [-0.2, -0.15) is 0 Å². The fraction of sp³-hybridized carbons (Fsp3) is 0.0968. The Morgan fingerprint density at radius 3 is 1.71 bits per heavy atom. The first-order valence-electron chi connectivity index (χ1n) is 12.6. The van der Waals surface area contributed by atoms with Crippen LogP contribution in [0.15, 0.2) is 108 Å². The molecule has 0 saturated carbocycles. The molecule has 2 aromatic carbocycles. The molecule has 1 N–H and O–H groups in total. The maximum Gasteiger partial charge on any atom is 0.190 e. The number of pyridine rings is 2. The molecule has 0 bridgehead atoms. The summed E-state index contributed by atoms with van der Waals surface area (Å²) in [5, 5.41) is 9.18. The van der Waals surface area contributed by atoms with E-state index < -0.39 is 0 Å². The van der Waals surface area contributed by atoms with Gasteiger partial charge in [-0.05, 0) is 72.8 Å². The second-order valence-corrected chi connectivity index (χ2v) is 10.3. The fourth-order valence-electron chi connectivity index (χ4n) is 3.77. The van der Waals surface area contributed by atoms with E-state index in [1.54, 1.807) is 61.7 Å². The summed E-state index contributed by atoms with van der Waals surface area (Å²) in [7, 11) is 5.34. The normalized spacial score (nSPS) is 10.3. The Balaban J connectivity index is 0.000000165. The van der Waals surface area contributed by atoms with E-state index in [0.717, 1.165) is 55.7 Å². The van der Waals surface area contributed by atoms with Gasteiger partial charge >= 0.3 is 0 Å². The highest BCUT2D eigenvalue weighted by Crippen LogP contribution is 2.31. The number of rotatable bonds is 8. The first kappa shape index (κ1) is 27.8. The van der Waals surface area contributed by atoms with Crippen LogP contribution in [0.5, 0.6) is 11.5 Å². The van der Waals surface area contributed by atoms with Crippen molar-refractivity contribution in [2.75, 3.05) is 31.5 Å². The van der Waals surface area contributed by atoms with Crippen molar-refractivity contribution in [3.8, 4) is 34.0 Å². The number of aromatic nitrogens is 4. The maximum absolute atomic E-state index is 5.18. The molecule has 0 aliphatic heterocycles. The van der Waals surface area contributed by atoms with E-state index in [4.69, 9.17) is 9.47 Å². The zero-order valence-electron chi connectivity index (χ0n) is 22.8. The average molecular weight is 581 g/mol. The molecule has 8 nitrogen and oxygen atoms in total. The van der Waals surface area contributed by atoms with Crippen molar-refractivity contribution >= 4 is 44.3 Å². The van der Waals surface area contributed by atoms with Crippen molar-refractivity contribution in [2.45, 2.75) is 0 Å². The lowest BCUT2D eigenvalue weighted by Gasteiger charge is -2.16. The van der Waals surface area contributed by atoms with Gasteiger partial charge in [0.05, 0.1) is 25.6 Å². The van der Waals surface area contributed by atoms with Gasteiger partial charge < -0.3 is 19.7 Å². The summed E-state index contributed by atoms with van der Waals surface area (Å²) in [5.41, 5.74) is 6.13. The van der Waals surface area contributed by atoms with Gasteiger partial charge in [0.15, 0.2) is 10.3 Å². The lowest BCUT2D eigenvalue weighted by molar-refractivity contribution is 0.415. The topological polar surface area (TPSA) is 85.3 Å². The lowest BCUT2D eigenvalue weighted by Crippen LogP contribution is -2.08. The van der Waals surface area contributed by atoms with Crippen LogP contribution in [0.4, 0.5) is 21.6 Å². The highest BCUT2D eigenvalue weighted by atomic mass is 32.1. The van der Waals surface area contributed by atoms with Gasteiger partial charge in [-0.15, -0.1) is 22.7 Å². The highest BCUT2D eigenvalue weighted by molar-refractivity contribution is 7.14. The summed E-state index contributed by atoms with van der Waals surface area (Å²) in [6, 6.07) is 23.5. The van der Waals surface area contributed by atoms with Gasteiger partial charge in [0.25, 0.3) is 0 Å². The molecule has 0 spiro atoms. The summed E-state index contributed by atoms with van der Waals surface area (Å²) >= 11 is 3.20. The van der Waals surface area contributed by atoms with E-state index >= 15 is 0 Å². The number of benzene rings is 2. The summed E-state index contributed by atoms with van der Waals surface area (Å²) in [5.74, 6) is 1.69. The monoisotopic (exact) mass is 580 g/mol. The first-order valence-corrected chi connectivity index (χ1v) is 14.4. The average Bonchev–Trinajstić information content (AvgIpc) is 3.73. The SMILES string of the molecule is COc1ccc(N(C)c2nc(-c3ccncc3)cs2)cc1.COc1ccc(Nc2nc(-c3ccncc3)cs2)cc1. The Morgan fingerprint density at radius 2 is 1.15 bits per heavy atom. The molecule has 10 heteroatoms. The quantitative estimate of drug-likeness (QED) is 0.194. The molecule has 0 amide bonds. The molecule has 41 heavy (non-hydrogen) atoms. The minimum atomic E-state index is 0.840. The zero-order valence-corrected chi connectivity index (χ0v) is 24.4. The van der Waals surface area contributed by atoms with Crippen LogP contribution >= 0.6 is 22.7 Å². The van der Waals surface area contributed by atoms with Gasteiger partial charge in [-0.25, -0.2) is 9.97 Å². The molecule has 4 aromatic heterocycles. The smallest absolute Gasteiger partial charge is 0.190 e. The largest absolute Gasteiger partial charge is 0.497 e. The number of nitrogens with zero attached hydrogens (tertiary/aromatic N) is 5. The number of methoxy groups -OCH3 is 2. The standard InChI is InChI=1S/C16H15N3OS.C15H13N3OS/c1-19(13-3-5-14(20-2)6-4-13)16-18-15(11-21-16)12-7-9-17-10-8-12;1-19-13-4-2-12(3-5-13)17-15-18-14(10-20-15)11-6-8-16-9-7-11/h3-11H,1-2H3;2-10H,1H3,(H,17,18). The summed E-state index contributed by atoms with van der Waals surface area (Å²) in [6.45, 7) is 0. The lowest BCUT2D eigenvalue weighted by atomic mass is 10.2. The third-order valence-corrected chi connectivity index (χ3v) is 7.71. The molecule has 0 fully saturated rings. The molecule has 0 aliphatic rings. The third-order valence-electron chi connectivity index (χ3n) is 6.04. The minimum absolute atomic E-state index is 0.840. The summed E-state index contributed by atoms with van der Waals surface area (Å²) in [4.78, 5) is 19.4. The number of ether oxygens (including phenoxy) is 2. The van der Waals surface area contributed by atoms with Gasteiger partial charge in [0.1, 0.15) is 11.5 Å². The Hall–Kier alpha value is -4.80. The van der Waals surface area contributed by atoms with Crippen LogP contribution in [0.2, 0.25) is 0 Å². The molecule has 6 aromatic rings. The van der Waals surface area contributed by atoms with E-state index in [9.17, 15) is 0 Å². The van der Waals surface area contributed by atoms with E-state index in [1.165, 1.54) is 0 Å². The molecule has 0 aliphatic carbocycles. The molecule has 4 heterocycles. The highest BCUT2D eigenvalue weighted by Gasteiger charge is 2.10. The van der Waals surface area contributed by atoms with E-state index in [2.05, 4.69) is 35.5 Å². The summed E-state index contributed by atoms with van der Waals surface area (Å²) < 4.78 is 10.3. The predicted molar refractivity (Wildman–Crippen MR) is 168 cm³/mol. The van der Waals surface area contributed by atoms with E-state index in [0.29, 0.717) is 0 Å². The van der Waals surface area contributed by atoms with Crippen LogP contribution in [0, 0.1) is 0 Å². The molecule has 206 valence electrons. The Morgan fingerprint density at radius 1 is 0.634 bits per heavy atom.